The van der Waals surface area contributed by atoms with Crippen LogP contribution in [0.2, 0.25) is 0 Å². The van der Waals surface area contributed by atoms with E-state index in [1.807, 2.05) is 30.3 Å². The Balaban J connectivity index is 1.83. The third kappa shape index (κ3) is 4.55. The van der Waals surface area contributed by atoms with Crippen molar-refractivity contribution in [3.05, 3.63) is 35.9 Å². The third-order valence-corrected chi connectivity index (χ3v) is 3.54. The lowest BCUT2D eigenvalue weighted by atomic mass is 9.96. The Bertz CT molecular complexity index is 601. The van der Waals surface area contributed by atoms with Gasteiger partial charge in [-0.15, -0.1) is 0 Å². The molecule has 0 saturated heterocycles. The van der Waals surface area contributed by atoms with Gasteiger partial charge < -0.3 is 10.1 Å². The zero-order valence-corrected chi connectivity index (χ0v) is 13.6. The van der Waals surface area contributed by atoms with Gasteiger partial charge in [-0.1, -0.05) is 30.3 Å². The Hall–Kier alpha value is -2.37. The van der Waals surface area contributed by atoms with Gasteiger partial charge in [0, 0.05) is 5.54 Å². The summed E-state index contributed by atoms with van der Waals surface area (Å²) in [5.41, 5.74) is -0.183. The zero-order chi connectivity index (χ0) is 17.1. The van der Waals surface area contributed by atoms with E-state index in [9.17, 15) is 14.4 Å². The number of nitrogens with one attached hydrogen (secondary N) is 2. The largest absolute Gasteiger partial charge is 0.455 e. The van der Waals surface area contributed by atoms with Gasteiger partial charge in [0.15, 0.2) is 6.61 Å². The molecular formula is C17H22N2O4. The first-order chi connectivity index (χ1) is 10.7. The first-order valence-corrected chi connectivity index (χ1v) is 7.58. The summed E-state index contributed by atoms with van der Waals surface area (Å²) >= 11 is 0. The Morgan fingerprint density at radius 3 is 2.26 bits per heavy atom. The number of hydrogen-bond donors (Lipinski definition) is 2. The number of hydrogen-bond acceptors (Lipinski definition) is 4. The molecule has 2 N–H and O–H groups in total. The second-order valence-corrected chi connectivity index (χ2v) is 6.78. The molecule has 0 aliphatic heterocycles. The molecule has 1 aliphatic carbocycles. The van der Waals surface area contributed by atoms with Crippen LogP contribution in [0.15, 0.2) is 30.3 Å². The van der Waals surface area contributed by atoms with Crippen molar-refractivity contribution in [1.29, 1.82) is 0 Å². The number of imide groups is 1. The lowest BCUT2D eigenvalue weighted by molar-refractivity contribution is -0.150. The molecule has 0 heterocycles. The van der Waals surface area contributed by atoms with Crippen molar-refractivity contribution in [3.8, 4) is 0 Å². The van der Waals surface area contributed by atoms with E-state index in [-0.39, 0.29) is 0 Å². The van der Waals surface area contributed by atoms with Gasteiger partial charge >= 0.3 is 12.0 Å². The Morgan fingerprint density at radius 2 is 1.74 bits per heavy atom. The van der Waals surface area contributed by atoms with Crippen molar-refractivity contribution in [2.75, 3.05) is 6.61 Å². The van der Waals surface area contributed by atoms with E-state index in [2.05, 4.69) is 10.6 Å². The topological polar surface area (TPSA) is 84.5 Å². The normalized spacial score (nSPS) is 15.4. The Labute approximate surface area is 135 Å². The van der Waals surface area contributed by atoms with Crippen LogP contribution in [0.4, 0.5) is 4.79 Å². The van der Waals surface area contributed by atoms with E-state index in [1.54, 1.807) is 20.8 Å². The zero-order valence-electron chi connectivity index (χ0n) is 13.6. The fourth-order valence-corrected chi connectivity index (χ4v) is 2.30. The molecule has 0 atom stereocenters. The molecular weight excluding hydrogens is 296 g/mol. The van der Waals surface area contributed by atoms with Gasteiger partial charge in [0.25, 0.3) is 5.91 Å². The molecule has 3 amide bonds. The molecule has 1 aliphatic rings. The van der Waals surface area contributed by atoms with Gasteiger partial charge in [-0.25, -0.2) is 4.79 Å². The van der Waals surface area contributed by atoms with Crippen LogP contribution in [0, 0.1) is 0 Å². The minimum Gasteiger partial charge on any atom is -0.455 e. The second-order valence-electron chi connectivity index (χ2n) is 6.78. The van der Waals surface area contributed by atoms with Crippen LogP contribution in [-0.4, -0.2) is 30.1 Å². The predicted molar refractivity (Wildman–Crippen MR) is 84.7 cm³/mol. The quantitative estimate of drug-likeness (QED) is 0.830. The number of carbonyl (C=O) groups excluding carboxylic acids is 3. The molecule has 124 valence electrons. The summed E-state index contributed by atoms with van der Waals surface area (Å²) in [6.07, 6.45) is 1.42. The molecule has 6 nitrogen and oxygen atoms in total. The van der Waals surface area contributed by atoms with Gasteiger partial charge in [-0.2, -0.15) is 0 Å². The van der Waals surface area contributed by atoms with Crippen molar-refractivity contribution < 1.29 is 19.1 Å². The van der Waals surface area contributed by atoms with E-state index in [0.29, 0.717) is 12.8 Å². The number of benzene rings is 1. The fraction of sp³-hybridized carbons (Fsp3) is 0.471. The molecule has 0 aromatic heterocycles. The third-order valence-electron chi connectivity index (χ3n) is 3.54. The van der Waals surface area contributed by atoms with Gasteiger partial charge in [-0.05, 0) is 39.2 Å². The van der Waals surface area contributed by atoms with Gasteiger partial charge in [-0.3, -0.25) is 14.9 Å². The highest BCUT2D eigenvalue weighted by molar-refractivity contribution is 5.96. The number of carbonyl (C=O) groups is 3. The van der Waals surface area contributed by atoms with E-state index >= 15 is 0 Å². The molecule has 0 radical (unpaired) electrons. The van der Waals surface area contributed by atoms with Gasteiger partial charge in [0.05, 0.1) is 5.41 Å². The fourth-order valence-electron chi connectivity index (χ4n) is 2.30. The molecule has 0 spiro atoms. The molecule has 23 heavy (non-hydrogen) atoms. The minimum atomic E-state index is -0.649. The second kappa shape index (κ2) is 6.40. The van der Waals surface area contributed by atoms with Crippen LogP contribution in [0.25, 0.3) is 0 Å². The molecule has 1 aromatic rings. The first-order valence-electron chi connectivity index (χ1n) is 7.58. The van der Waals surface area contributed by atoms with Crippen LogP contribution in [0.3, 0.4) is 0 Å². The first kappa shape index (κ1) is 17.0. The molecule has 6 heteroatoms. The maximum atomic E-state index is 12.2. The van der Waals surface area contributed by atoms with Gasteiger partial charge in [0.2, 0.25) is 0 Å². The number of amides is 3. The van der Waals surface area contributed by atoms with Crippen molar-refractivity contribution in [2.45, 2.75) is 44.6 Å². The van der Waals surface area contributed by atoms with E-state index in [0.717, 1.165) is 5.56 Å². The summed E-state index contributed by atoms with van der Waals surface area (Å²) in [5, 5.41) is 4.73. The number of urea groups is 1. The van der Waals surface area contributed by atoms with E-state index in [4.69, 9.17) is 4.74 Å². The highest BCUT2D eigenvalue weighted by atomic mass is 16.5. The highest BCUT2D eigenvalue weighted by Crippen LogP contribution is 2.49. The van der Waals surface area contributed by atoms with Crippen LogP contribution in [-0.2, 0) is 19.7 Å². The van der Waals surface area contributed by atoms with Crippen molar-refractivity contribution in [3.63, 3.8) is 0 Å². The van der Waals surface area contributed by atoms with E-state index < -0.39 is 35.5 Å². The molecule has 1 fully saturated rings. The molecule has 1 saturated carbocycles. The van der Waals surface area contributed by atoms with Crippen LogP contribution < -0.4 is 10.6 Å². The highest BCUT2D eigenvalue weighted by Gasteiger charge is 2.52. The maximum absolute atomic E-state index is 12.2. The number of ether oxygens (including phenoxy) is 1. The summed E-state index contributed by atoms with van der Waals surface area (Å²) in [5.74, 6) is -1.07. The molecule has 0 unspecified atom stereocenters. The average Bonchev–Trinajstić information content (AvgIpc) is 3.25. The number of rotatable bonds is 4. The molecule has 0 bridgehead atoms. The molecule has 2 rings (SSSR count). The summed E-state index contributed by atoms with van der Waals surface area (Å²) < 4.78 is 5.09. The maximum Gasteiger partial charge on any atom is 0.321 e. The average molecular weight is 318 g/mol. The van der Waals surface area contributed by atoms with Crippen molar-refractivity contribution in [2.24, 2.45) is 0 Å². The monoisotopic (exact) mass is 318 g/mol. The summed E-state index contributed by atoms with van der Waals surface area (Å²) in [6.45, 7) is 4.93. The smallest absolute Gasteiger partial charge is 0.321 e. The van der Waals surface area contributed by atoms with Crippen molar-refractivity contribution >= 4 is 17.9 Å². The van der Waals surface area contributed by atoms with Crippen LogP contribution in [0.5, 0.6) is 0 Å². The Kier molecular flexibility index (Phi) is 4.73. The van der Waals surface area contributed by atoms with Crippen LogP contribution >= 0.6 is 0 Å². The standard InChI is InChI=1S/C17H22N2O4/c1-16(2,3)19-15(22)18-13(20)11-23-14(21)17(9-10-17)12-7-5-4-6-8-12/h4-8H,9-11H2,1-3H3,(H2,18,19,20,22). The van der Waals surface area contributed by atoms with Gasteiger partial charge in [0.1, 0.15) is 0 Å². The molecule has 1 aromatic carbocycles. The lowest BCUT2D eigenvalue weighted by Crippen LogP contribution is -2.49. The van der Waals surface area contributed by atoms with Crippen molar-refractivity contribution in [1.82, 2.24) is 10.6 Å². The predicted octanol–water partition coefficient (Wildman–Crippen LogP) is 1.89. The summed E-state index contributed by atoms with van der Waals surface area (Å²) in [7, 11) is 0. The lowest BCUT2D eigenvalue weighted by Gasteiger charge is -2.20. The SMILES string of the molecule is CC(C)(C)NC(=O)NC(=O)COC(=O)C1(c2ccccc2)CC1. The Morgan fingerprint density at radius 1 is 1.13 bits per heavy atom. The number of esters is 1. The minimum absolute atomic E-state index is 0.421. The summed E-state index contributed by atoms with van der Waals surface area (Å²) in [6, 6.07) is 8.77. The summed E-state index contributed by atoms with van der Waals surface area (Å²) in [4.78, 5) is 35.5. The van der Waals surface area contributed by atoms with E-state index in [1.165, 1.54) is 0 Å². The van der Waals surface area contributed by atoms with Crippen LogP contribution in [0.1, 0.15) is 39.2 Å².